The van der Waals surface area contributed by atoms with E-state index in [4.69, 9.17) is 0 Å². The van der Waals surface area contributed by atoms with Crippen molar-refractivity contribution in [1.82, 2.24) is 0 Å². The lowest BCUT2D eigenvalue weighted by Crippen LogP contribution is -2.21. The van der Waals surface area contributed by atoms with Crippen LogP contribution in [0, 0.1) is 6.92 Å². The van der Waals surface area contributed by atoms with Crippen molar-refractivity contribution < 1.29 is 9.59 Å². The first-order valence-electron chi connectivity index (χ1n) is 6.86. The summed E-state index contributed by atoms with van der Waals surface area (Å²) in [6, 6.07) is 12.7. The van der Waals surface area contributed by atoms with Crippen molar-refractivity contribution in [1.29, 1.82) is 0 Å². The first kappa shape index (κ1) is 16.2. The van der Waals surface area contributed by atoms with Gasteiger partial charge in [0, 0.05) is 21.4 Å². The first-order valence-corrected chi connectivity index (χ1v) is 7.66. The van der Waals surface area contributed by atoms with Crippen LogP contribution in [0.2, 0.25) is 0 Å². The van der Waals surface area contributed by atoms with E-state index in [9.17, 15) is 9.59 Å². The lowest BCUT2D eigenvalue weighted by atomic mass is 10.1. The van der Waals surface area contributed by atoms with Crippen molar-refractivity contribution in [2.24, 2.45) is 0 Å². The molecule has 0 aliphatic rings. The van der Waals surface area contributed by atoms with Crippen LogP contribution in [-0.2, 0) is 4.79 Å². The van der Waals surface area contributed by atoms with E-state index in [1.807, 2.05) is 25.1 Å². The number of benzene rings is 2. The van der Waals surface area contributed by atoms with Crippen LogP contribution in [0.1, 0.15) is 22.8 Å². The summed E-state index contributed by atoms with van der Waals surface area (Å²) < 4.78 is 1.03. The number of carbonyl (C=O) groups is 2. The molecule has 2 aromatic rings. The van der Waals surface area contributed by atoms with Gasteiger partial charge in [-0.3, -0.25) is 9.59 Å². The number of rotatable bonds is 5. The zero-order valence-electron chi connectivity index (χ0n) is 12.4. The Balaban J connectivity index is 1.94. The van der Waals surface area contributed by atoms with Gasteiger partial charge in [-0.2, -0.15) is 0 Å². The monoisotopic (exact) mass is 360 g/mol. The van der Waals surface area contributed by atoms with Gasteiger partial charge < -0.3 is 10.6 Å². The van der Waals surface area contributed by atoms with E-state index < -0.39 is 0 Å². The fourth-order valence-corrected chi connectivity index (χ4v) is 2.20. The molecule has 114 valence electrons. The molecule has 22 heavy (non-hydrogen) atoms. The number of nitrogens with one attached hydrogen (secondary N) is 2. The lowest BCUT2D eigenvalue weighted by Gasteiger charge is -2.09. The third-order valence-electron chi connectivity index (χ3n) is 3.16. The molecule has 0 aliphatic heterocycles. The topological polar surface area (TPSA) is 58.2 Å². The third kappa shape index (κ3) is 4.43. The van der Waals surface area contributed by atoms with Gasteiger partial charge >= 0.3 is 0 Å². The van der Waals surface area contributed by atoms with E-state index in [2.05, 4.69) is 26.6 Å². The van der Waals surface area contributed by atoms with Crippen LogP contribution in [0.4, 0.5) is 11.4 Å². The number of halogens is 1. The van der Waals surface area contributed by atoms with E-state index in [0.717, 1.165) is 15.7 Å². The summed E-state index contributed by atoms with van der Waals surface area (Å²) in [5, 5.41) is 5.84. The van der Waals surface area contributed by atoms with Crippen LogP contribution < -0.4 is 10.6 Å². The molecular formula is C17H17BrN2O2. The molecule has 1 amide bonds. The summed E-state index contributed by atoms with van der Waals surface area (Å²) >= 11 is 3.44. The van der Waals surface area contributed by atoms with Gasteiger partial charge in [0.25, 0.3) is 0 Å². The van der Waals surface area contributed by atoms with Crippen LogP contribution in [0.3, 0.4) is 0 Å². The summed E-state index contributed by atoms with van der Waals surface area (Å²) in [5.41, 5.74) is 3.17. The minimum atomic E-state index is -0.165. The Morgan fingerprint density at radius 3 is 2.55 bits per heavy atom. The van der Waals surface area contributed by atoms with Gasteiger partial charge in [-0.1, -0.05) is 28.1 Å². The average molecular weight is 361 g/mol. The highest BCUT2D eigenvalue weighted by Crippen LogP contribution is 2.19. The van der Waals surface area contributed by atoms with Crippen LogP contribution in [-0.4, -0.2) is 18.2 Å². The molecule has 0 aliphatic carbocycles. The number of hydrogen-bond acceptors (Lipinski definition) is 3. The highest BCUT2D eigenvalue weighted by atomic mass is 79.9. The van der Waals surface area contributed by atoms with Crippen LogP contribution >= 0.6 is 15.9 Å². The van der Waals surface area contributed by atoms with Crippen molar-refractivity contribution in [3.63, 3.8) is 0 Å². The van der Waals surface area contributed by atoms with Crippen LogP contribution in [0.15, 0.2) is 46.9 Å². The van der Waals surface area contributed by atoms with Crippen molar-refractivity contribution in [3.8, 4) is 0 Å². The number of amides is 1. The maximum Gasteiger partial charge on any atom is 0.243 e. The van der Waals surface area contributed by atoms with Gasteiger partial charge in [-0.15, -0.1) is 0 Å². The van der Waals surface area contributed by atoms with Gasteiger partial charge in [0.1, 0.15) is 0 Å². The van der Waals surface area contributed by atoms with Gasteiger partial charge in [0.15, 0.2) is 5.78 Å². The Kier molecular flexibility index (Phi) is 5.33. The molecule has 2 N–H and O–H groups in total. The SMILES string of the molecule is CC(=O)c1cccc(NC(=O)CNc2ccc(Br)c(C)c2)c1. The molecule has 0 aromatic heterocycles. The summed E-state index contributed by atoms with van der Waals surface area (Å²) in [5.74, 6) is -0.194. The third-order valence-corrected chi connectivity index (χ3v) is 4.05. The van der Waals surface area contributed by atoms with Crippen LogP contribution in [0.5, 0.6) is 0 Å². The quantitative estimate of drug-likeness (QED) is 0.792. The van der Waals surface area contributed by atoms with Crippen molar-refractivity contribution in [3.05, 3.63) is 58.1 Å². The Morgan fingerprint density at radius 1 is 1.09 bits per heavy atom. The van der Waals surface area contributed by atoms with Crippen molar-refractivity contribution in [2.75, 3.05) is 17.2 Å². The minimum Gasteiger partial charge on any atom is -0.376 e. The predicted octanol–water partition coefficient (Wildman–Crippen LogP) is 4.01. The Morgan fingerprint density at radius 2 is 1.86 bits per heavy atom. The first-order chi connectivity index (χ1) is 10.5. The molecule has 0 atom stereocenters. The molecule has 0 spiro atoms. The highest BCUT2D eigenvalue weighted by molar-refractivity contribution is 9.10. The number of anilines is 2. The zero-order chi connectivity index (χ0) is 16.1. The molecule has 0 heterocycles. The molecule has 5 heteroatoms. The molecule has 2 rings (SSSR count). The lowest BCUT2D eigenvalue weighted by molar-refractivity contribution is -0.114. The standard InChI is InChI=1S/C17H17BrN2O2/c1-11-8-14(6-7-16(11)18)19-10-17(22)20-15-5-3-4-13(9-15)12(2)21/h3-9,19H,10H2,1-2H3,(H,20,22). The number of ketones is 1. The number of Topliss-reactive ketones (excluding diaryl/α,β-unsaturated/α-hetero) is 1. The summed E-state index contributed by atoms with van der Waals surface area (Å²) in [4.78, 5) is 23.3. The number of hydrogen-bond donors (Lipinski definition) is 2. The Bertz CT molecular complexity index is 714. The maximum atomic E-state index is 12.0. The molecule has 0 bridgehead atoms. The second-order valence-corrected chi connectivity index (χ2v) is 5.86. The van der Waals surface area contributed by atoms with E-state index in [-0.39, 0.29) is 18.2 Å². The molecular weight excluding hydrogens is 344 g/mol. The molecule has 0 saturated carbocycles. The molecule has 4 nitrogen and oxygen atoms in total. The molecule has 0 saturated heterocycles. The summed E-state index contributed by atoms with van der Waals surface area (Å²) in [6.07, 6.45) is 0. The van der Waals surface area contributed by atoms with Crippen LogP contribution in [0.25, 0.3) is 0 Å². The summed E-state index contributed by atoms with van der Waals surface area (Å²) in [6.45, 7) is 3.65. The van der Waals surface area contributed by atoms with E-state index in [0.29, 0.717) is 11.3 Å². The smallest absolute Gasteiger partial charge is 0.243 e. The minimum absolute atomic E-state index is 0.0282. The fourth-order valence-electron chi connectivity index (χ4n) is 1.96. The molecule has 0 fully saturated rings. The number of aryl methyl sites for hydroxylation is 1. The van der Waals surface area contributed by atoms with Crippen molar-refractivity contribution in [2.45, 2.75) is 13.8 Å². The van der Waals surface area contributed by atoms with E-state index in [1.165, 1.54) is 6.92 Å². The van der Waals surface area contributed by atoms with E-state index in [1.54, 1.807) is 24.3 Å². The average Bonchev–Trinajstić information content (AvgIpc) is 2.49. The normalized spacial score (nSPS) is 10.1. The zero-order valence-corrected chi connectivity index (χ0v) is 14.0. The van der Waals surface area contributed by atoms with Gasteiger partial charge in [0.05, 0.1) is 6.54 Å². The van der Waals surface area contributed by atoms with Gasteiger partial charge in [-0.05, 0) is 49.7 Å². The summed E-state index contributed by atoms with van der Waals surface area (Å²) in [7, 11) is 0. The largest absolute Gasteiger partial charge is 0.376 e. The maximum absolute atomic E-state index is 12.0. The molecule has 2 aromatic carbocycles. The highest BCUT2D eigenvalue weighted by Gasteiger charge is 2.05. The Labute approximate surface area is 138 Å². The van der Waals surface area contributed by atoms with Gasteiger partial charge in [0.2, 0.25) is 5.91 Å². The number of carbonyl (C=O) groups excluding carboxylic acids is 2. The molecule has 0 unspecified atom stereocenters. The molecule has 0 radical (unpaired) electrons. The van der Waals surface area contributed by atoms with Crippen molar-refractivity contribution >= 4 is 39.0 Å². The van der Waals surface area contributed by atoms with Gasteiger partial charge in [-0.25, -0.2) is 0 Å². The second kappa shape index (κ2) is 7.22. The predicted molar refractivity (Wildman–Crippen MR) is 92.4 cm³/mol. The van der Waals surface area contributed by atoms with E-state index >= 15 is 0 Å². The second-order valence-electron chi connectivity index (χ2n) is 5.00. The Hall–Kier alpha value is -2.14. The fraction of sp³-hybridized carbons (Fsp3) is 0.176.